The molecule has 0 heterocycles. The summed E-state index contributed by atoms with van der Waals surface area (Å²) in [5.41, 5.74) is 1.67. The second-order valence-corrected chi connectivity index (χ2v) is 5.26. The largest absolute Gasteiger partial charge is 0.478 e. The normalized spacial score (nSPS) is 12.2. The van der Waals surface area contributed by atoms with Crippen LogP contribution in [0.15, 0.2) is 48.5 Å². The van der Waals surface area contributed by atoms with E-state index in [0.717, 1.165) is 5.56 Å². The van der Waals surface area contributed by atoms with Gasteiger partial charge in [0.1, 0.15) is 5.75 Å². The van der Waals surface area contributed by atoms with E-state index in [2.05, 4.69) is 10.1 Å². The van der Waals surface area contributed by atoms with E-state index in [9.17, 15) is 13.6 Å². The first-order chi connectivity index (χ1) is 11.5. The molecular formula is C18H19F2NO3. The summed E-state index contributed by atoms with van der Waals surface area (Å²) < 4.78 is 29.7. The van der Waals surface area contributed by atoms with Crippen molar-refractivity contribution in [3.63, 3.8) is 0 Å². The summed E-state index contributed by atoms with van der Waals surface area (Å²) in [4.78, 5) is 11.0. The van der Waals surface area contributed by atoms with Gasteiger partial charge in [-0.25, -0.2) is 4.79 Å². The second kappa shape index (κ2) is 8.40. The van der Waals surface area contributed by atoms with Gasteiger partial charge in [-0.05, 0) is 30.2 Å². The van der Waals surface area contributed by atoms with Crippen molar-refractivity contribution in [3.8, 4) is 5.75 Å². The van der Waals surface area contributed by atoms with Crippen LogP contribution in [0.5, 0.6) is 5.75 Å². The molecule has 0 aliphatic carbocycles. The third kappa shape index (κ3) is 4.76. The van der Waals surface area contributed by atoms with Gasteiger partial charge in [0.2, 0.25) is 0 Å². The standard InChI is InChI=1S/C18H19F2NO3/c1-2-15(14-8-3-4-9-16(14)24-18(19)20)21-11-12-6-5-7-13(10-12)17(22)23/h3-10,15,18,21H,2,11H2,1H3,(H,22,23). The Kier molecular flexibility index (Phi) is 6.26. The van der Waals surface area contributed by atoms with Crippen LogP contribution in [0.4, 0.5) is 8.78 Å². The summed E-state index contributed by atoms with van der Waals surface area (Å²) in [5.74, 6) is -0.842. The Morgan fingerprint density at radius 3 is 2.62 bits per heavy atom. The lowest BCUT2D eigenvalue weighted by Crippen LogP contribution is -2.21. The number of hydrogen-bond acceptors (Lipinski definition) is 3. The molecule has 0 aliphatic rings. The van der Waals surface area contributed by atoms with Crippen LogP contribution in [0.25, 0.3) is 0 Å². The second-order valence-electron chi connectivity index (χ2n) is 5.26. The fourth-order valence-corrected chi connectivity index (χ4v) is 2.50. The van der Waals surface area contributed by atoms with E-state index in [0.29, 0.717) is 18.5 Å². The molecule has 6 heteroatoms. The molecule has 128 valence electrons. The molecule has 0 amide bonds. The molecule has 0 bridgehead atoms. The third-order valence-corrected chi connectivity index (χ3v) is 3.65. The molecule has 1 unspecified atom stereocenters. The minimum Gasteiger partial charge on any atom is -0.478 e. The fraction of sp³-hybridized carbons (Fsp3) is 0.278. The molecule has 2 N–H and O–H groups in total. The Morgan fingerprint density at radius 1 is 1.21 bits per heavy atom. The number of hydrogen-bond donors (Lipinski definition) is 2. The highest BCUT2D eigenvalue weighted by Gasteiger charge is 2.16. The van der Waals surface area contributed by atoms with Gasteiger partial charge in [0.15, 0.2) is 0 Å². The smallest absolute Gasteiger partial charge is 0.387 e. The molecule has 0 spiro atoms. The van der Waals surface area contributed by atoms with Crippen LogP contribution in [0.1, 0.15) is 40.9 Å². The van der Waals surface area contributed by atoms with Crippen molar-refractivity contribution in [2.24, 2.45) is 0 Å². The monoisotopic (exact) mass is 335 g/mol. The van der Waals surface area contributed by atoms with E-state index in [4.69, 9.17) is 5.11 Å². The number of aromatic carboxylic acids is 1. The molecular weight excluding hydrogens is 316 g/mol. The topological polar surface area (TPSA) is 58.6 Å². The highest BCUT2D eigenvalue weighted by Crippen LogP contribution is 2.28. The maximum Gasteiger partial charge on any atom is 0.387 e. The number of para-hydroxylation sites is 1. The van der Waals surface area contributed by atoms with Gasteiger partial charge < -0.3 is 15.2 Å². The Bertz CT molecular complexity index is 691. The molecule has 1 atom stereocenters. The Balaban J connectivity index is 2.13. The van der Waals surface area contributed by atoms with Gasteiger partial charge >= 0.3 is 12.6 Å². The number of benzene rings is 2. The number of halogens is 2. The third-order valence-electron chi connectivity index (χ3n) is 3.65. The van der Waals surface area contributed by atoms with Crippen LogP contribution in [-0.2, 0) is 6.54 Å². The summed E-state index contributed by atoms with van der Waals surface area (Å²) in [6, 6.07) is 13.1. The molecule has 0 aromatic heterocycles. The molecule has 24 heavy (non-hydrogen) atoms. The Morgan fingerprint density at radius 2 is 1.96 bits per heavy atom. The van der Waals surface area contributed by atoms with E-state index in [-0.39, 0.29) is 17.4 Å². The molecule has 2 aromatic rings. The van der Waals surface area contributed by atoms with Crippen LogP contribution in [0.2, 0.25) is 0 Å². The summed E-state index contributed by atoms with van der Waals surface area (Å²) in [5, 5.41) is 12.3. The minimum atomic E-state index is -2.88. The number of nitrogens with one attached hydrogen (secondary N) is 1. The summed E-state index contributed by atoms with van der Waals surface area (Å²) in [6.07, 6.45) is 0.669. The van der Waals surface area contributed by atoms with Gasteiger partial charge in [-0.3, -0.25) is 0 Å². The van der Waals surface area contributed by atoms with Gasteiger partial charge in [-0.1, -0.05) is 37.3 Å². The zero-order valence-corrected chi connectivity index (χ0v) is 13.2. The van der Waals surface area contributed by atoms with Gasteiger partial charge in [-0.2, -0.15) is 8.78 Å². The van der Waals surface area contributed by atoms with Crippen molar-refractivity contribution in [3.05, 3.63) is 65.2 Å². The lowest BCUT2D eigenvalue weighted by molar-refractivity contribution is -0.0507. The quantitative estimate of drug-likeness (QED) is 0.758. The maximum absolute atomic E-state index is 12.5. The van der Waals surface area contributed by atoms with Crippen LogP contribution in [-0.4, -0.2) is 17.7 Å². The number of alkyl halides is 2. The average Bonchev–Trinajstić information content (AvgIpc) is 2.56. The van der Waals surface area contributed by atoms with Crippen molar-refractivity contribution in [2.45, 2.75) is 32.5 Å². The number of ether oxygens (including phenoxy) is 1. The van der Waals surface area contributed by atoms with Gasteiger partial charge in [-0.15, -0.1) is 0 Å². The number of rotatable bonds is 8. The zero-order valence-electron chi connectivity index (χ0n) is 13.2. The Hall–Kier alpha value is -2.47. The molecule has 0 aliphatic heterocycles. The van der Waals surface area contributed by atoms with E-state index in [1.807, 2.05) is 13.0 Å². The average molecular weight is 335 g/mol. The molecule has 0 radical (unpaired) electrons. The lowest BCUT2D eigenvalue weighted by Gasteiger charge is -2.20. The van der Waals surface area contributed by atoms with Gasteiger partial charge in [0.05, 0.1) is 5.56 Å². The molecule has 0 fully saturated rings. The van der Waals surface area contributed by atoms with E-state index >= 15 is 0 Å². The van der Waals surface area contributed by atoms with Crippen molar-refractivity contribution in [1.82, 2.24) is 5.32 Å². The van der Waals surface area contributed by atoms with Crippen molar-refractivity contribution in [1.29, 1.82) is 0 Å². The van der Waals surface area contributed by atoms with E-state index in [1.165, 1.54) is 12.1 Å². The predicted molar refractivity (Wildman–Crippen MR) is 86.3 cm³/mol. The first-order valence-corrected chi connectivity index (χ1v) is 7.60. The summed E-state index contributed by atoms with van der Waals surface area (Å²) in [7, 11) is 0. The highest BCUT2D eigenvalue weighted by molar-refractivity contribution is 5.87. The van der Waals surface area contributed by atoms with Crippen LogP contribution >= 0.6 is 0 Å². The lowest BCUT2D eigenvalue weighted by atomic mass is 10.0. The number of carboxylic acids is 1. The van der Waals surface area contributed by atoms with Crippen molar-refractivity contribution >= 4 is 5.97 Å². The molecule has 2 aromatic carbocycles. The first kappa shape index (κ1) is 17.9. The van der Waals surface area contributed by atoms with Gasteiger partial charge in [0.25, 0.3) is 0 Å². The predicted octanol–water partition coefficient (Wildman–Crippen LogP) is 4.23. The maximum atomic E-state index is 12.5. The van der Waals surface area contributed by atoms with Crippen molar-refractivity contribution < 1.29 is 23.4 Å². The molecule has 0 saturated carbocycles. The Labute approximate surface area is 139 Å². The summed E-state index contributed by atoms with van der Waals surface area (Å²) >= 11 is 0. The fourth-order valence-electron chi connectivity index (χ4n) is 2.50. The number of carbonyl (C=O) groups is 1. The molecule has 2 rings (SSSR count). The van der Waals surface area contributed by atoms with Crippen molar-refractivity contribution in [2.75, 3.05) is 0 Å². The van der Waals surface area contributed by atoms with E-state index < -0.39 is 12.6 Å². The van der Waals surface area contributed by atoms with Gasteiger partial charge in [0, 0.05) is 18.2 Å². The highest BCUT2D eigenvalue weighted by atomic mass is 19.3. The van der Waals surface area contributed by atoms with E-state index in [1.54, 1.807) is 30.3 Å². The summed E-state index contributed by atoms with van der Waals surface area (Å²) in [6.45, 7) is -0.524. The SMILES string of the molecule is CCC(NCc1cccc(C(=O)O)c1)c1ccccc1OC(F)F. The van der Waals surface area contributed by atoms with Crippen LogP contribution in [0, 0.1) is 0 Å². The molecule has 0 saturated heterocycles. The van der Waals surface area contributed by atoms with Crippen LogP contribution in [0.3, 0.4) is 0 Å². The van der Waals surface area contributed by atoms with Crippen LogP contribution < -0.4 is 10.1 Å². The first-order valence-electron chi connectivity index (χ1n) is 7.60. The number of carboxylic acid groups (broad SMARTS) is 1. The molecule has 4 nitrogen and oxygen atoms in total. The minimum absolute atomic E-state index is 0.145. The zero-order chi connectivity index (χ0) is 17.5.